The smallest absolute Gasteiger partial charge is 0.270 e. The van der Waals surface area contributed by atoms with Crippen LogP contribution in [0.25, 0.3) is 0 Å². The van der Waals surface area contributed by atoms with E-state index in [2.05, 4.69) is 20.6 Å². The third kappa shape index (κ3) is 5.04. The van der Waals surface area contributed by atoms with E-state index in [1.807, 2.05) is 55.5 Å². The Kier molecular flexibility index (Phi) is 5.99. The van der Waals surface area contributed by atoms with Crippen LogP contribution in [0, 0.1) is 6.92 Å². The molecule has 0 aliphatic carbocycles. The molecule has 0 unspecified atom stereocenters. The van der Waals surface area contributed by atoms with E-state index in [1.54, 1.807) is 19.4 Å². The second-order valence-electron chi connectivity index (χ2n) is 6.06. The van der Waals surface area contributed by atoms with Crippen LogP contribution in [0.4, 0.5) is 11.6 Å². The molecule has 3 aromatic rings. The normalized spacial score (nSPS) is 10.3. The molecule has 27 heavy (non-hydrogen) atoms. The number of rotatable bonds is 7. The summed E-state index contributed by atoms with van der Waals surface area (Å²) in [7, 11) is 1.64. The molecule has 0 saturated heterocycles. The number of carbonyl (C=O) groups excluding carboxylic acids is 1. The van der Waals surface area contributed by atoms with Gasteiger partial charge >= 0.3 is 0 Å². The topological polar surface area (TPSA) is 76.1 Å². The number of aryl methyl sites for hydroxylation is 1. The first-order chi connectivity index (χ1) is 13.2. The molecular weight excluding hydrogens is 340 g/mol. The van der Waals surface area contributed by atoms with Crippen molar-refractivity contribution in [2.45, 2.75) is 13.3 Å². The van der Waals surface area contributed by atoms with E-state index in [0.29, 0.717) is 24.6 Å². The van der Waals surface area contributed by atoms with Crippen molar-refractivity contribution in [2.75, 3.05) is 19.0 Å². The summed E-state index contributed by atoms with van der Waals surface area (Å²) in [5, 5.41) is 6.04. The Bertz CT molecular complexity index is 927. The number of aromatic nitrogens is 2. The fourth-order valence-electron chi connectivity index (χ4n) is 2.62. The molecule has 2 aromatic carbocycles. The van der Waals surface area contributed by atoms with Crippen LogP contribution in [0.15, 0.2) is 60.8 Å². The zero-order chi connectivity index (χ0) is 19.1. The van der Waals surface area contributed by atoms with Crippen molar-refractivity contribution in [3.05, 3.63) is 77.6 Å². The summed E-state index contributed by atoms with van der Waals surface area (Å²) < 4.78 is 5.21. The zero-order valence-electron chi connectivity index (χ0n) is 15.4. The van der Waals surface area contributed by atoms with Gasteiger partial charge in [0.15, 0.2) is 0 Å². The van der Waals surface area contributed by atoms with E-state index in [4.69, 9.17) is 4.74 Å². The first-order valence-electron chi connectivity index (χ1n) is 8.72. The number of para-hydroxylation sites is 1. The van der Waals surface area contributed by atoms with E-state index < -0.39 is 0 Å². The molecule has 0 aliphatic heterocycles. The van der Waals surface area contributed by atoms with Crippen molar-refractivity contribution in [3.8, 4) is 5.75 Å². The van der Waals surface area contributed by atoms with Gasteiger partial charge in [0.1, 0.15) is 11.4 Å². The highest BCUT2D eigenvalue weighted by Gasteiger charge is 2.09. The van der Waals surface area contributed by atoms with Gasteiger partial charge in [0.25, 0.3) is 5.91 Å². The number of hydrogen-bond donors (Lipinski definition) is 2. The van der Waals surface area contributed by atoms with Gasteiger partial charge in [0.05, 0.1) is 7.11 Å². The van der Waals surface area contributed by atoms with Crippen molar-refractivity contribution in [2.24, 2.45) is 0 Å². The molecule has 0 bridgehead atoms. The van der Waals surface area contributed by atoms with Crippen LogP contribution in [0.3, 0.4) is 0 Å². The van der Waals surface area contributed by atoms with E-state index in [9.17, 15) is 4.79 Å². The standard InChI is InChI=1S/C21H22N4O2/c1-15-6-3-4-9-18(15)24-21-23-13-11-19(25-21)20(26)22-12-10-16-7-5-8-17(14-16)27-2/h3-9,11,13-14H,10,12H2,1-2H3,(H,22,26)(H,23,24,25). The highest BCUT2D eigenvalue weighted by Crippen LogP contribution is 2.17. The number of anilines is 2. The first kappa shape index (κ1) is 18.4. The molecule has 0 atom stereocenters. The molecule has 3 rings (SSSR count). The van der Waals surface area contributed by atoms with Crippen LogP contribution in [-0.2, 0) is 6.42 Å². The number of amides is 1. The van der Waals surface area contributed by atoms with Gasteiger partial charge in [-0.1, -0.05) is 30.3 Å². The lowest BCUT2D eigenvalue weighted by atomic mass is 10.1. The van der Waals surface area contributed by atoms with Crippen LogP contribution >= 0.6 is 0 Å². The minimum Gasteiger partial charge on any atom is -0.497 e. The third-order valence-corrected chi connectivity index (χ3v) is 4.11. The summed E-state index contributed by atoms with van der Waals surface area (Å²) in [4.78, 5) is 20.9. The quantitative estimate of drug-likeness (QED) is 0.673. The Morgan fingerprint density at radius 2 is 1.96 bits per heavy atom. The van der Waals surface area contributed by atoms with Crippen molar-refractivity contribution in [3.63, 3.8) is 0 Å². The first-order valence-corrected chi connectivity index (χ1v) is 8.72. The Balaban J connectivity index is 1.59. The maximum atomic E-state index is 12.4. The van der Waals surface area contributed by atoms with Gasteiger partial charge in [0.2, 0.25) is 5.95 Å². The lowest BCUT2D eigenvalue weighted by Crippen LogP contribution is -2.26. The molecule has 2 N–H and O–H groups in total. The lowest BCUT2D eigenvalue weighted by Gasteiger charge is -2.09. The molecule has 0 radical (unpaired) electrons. The molecule has 0 saturated carbocycles. The van der Waals surface area contributed by atoms with Crippen molar-refractivity contribution in [1.29, 1.82) is 0 Å². The number of ether oxygens (including phenoxy) is 1. The zero-order valence-corrected chi connectivity index (χ0v) is 15.4. The number of nitrogens with zero attached hydrogens (tertiary/aromatic N) is 2. The Morgan fingerprint density at radius 1 is 1.11 bits per heavy atom. The average molecular weight is 362 g/mol. The fourth-order valence-corrected chi connectivity index (χ4v) is 2.62. The molecule has 1 aromatic heterocycles. The van der Waals surface area contributed by atoms with Gasteiger partial charge in [-0.3, -0.25) is 4.79 Å². The molecule has 6 heteroatoms. The van der Waals surface area contributed by atoms with Gasteiger partial charge in [-0.2, -0.15) is 0 Å². The minimum absolute atomic E-state index is 0.229. The number of carbonyl (C=O) groups is 1. The SMILES string of the molecule is COc1cccc(CCNC(=O)c2ccnc(Nc3ccccc3C)n2)c1. The molecule has 1 amide bonds. The van der Waals surface area contributed by atoms with Crippen molar-refractivity contribution < 1.29 is 9.53 Å². The van der Waals surface area contributed by atoms with Crippen LogP contribution < -0.4 is 15.4 Å². The number of benzene rings is 2. The number of nitrogens with one attached hydrogen (secondary N) is 2. The van der Waals surface area contributed by atoms with Gasteiger partial charge in [-0.15, -0.1) is 0 Å². The molecule has 6 nitrogen and oxygen atoms in total. The van der Waals surface area contributed by atoms with E-state index in [0.717, 1.165) is 22.6 Å². The van der Waals surface area contributed by atoms with Crippen molar-refractivity contribution >= 4 is 17.5 Å². The van der Waals surface area contributed by atoms with E-state index in [1.165, 1.54) is 0 Å². The number of methoxy groups -OCH3 is 1. The summed E-state index contributed by atoms with van der Waals surface area (Å²) in [5.74, 6) is 0.972. The monoisotopic (exact) mass is 362 g/mol. The van der Waals surface area contributed by atoms with Gasteiger partial charge in [0, 0.05) is 18.4 Å². The molecule has 138 valence electrons. The Labute approximate surface area is 158 Å². The lowest BCUT2D eigenvalue weighted by molar-refractivity contribution is 0.0949. The molecular formula is C21H22N4O2. The van der Waals surface area contributed by atoms with Gasteiger partial charge < -0.3 is 15.4 Å². The predicted molar refractivity (Wildman–Crippen MR) is 106 cm³/mol. The summed E-state index contributed by atoms with van der Waals surface area (Å²) in [5.41, 5.74) is 3.41. The highest BCUT2D eigenvalue weighted by atomic mass is 16.5. The predicted octanol–water partition coefficient (Wildman–Crippen LogP) is 3.51. The minimum atomic E-state index is -0.229. The van der Waals surface area contributed by atoms with Crippen LogP contribution in [-0.4, -0.2) is 29.5 Å². The van der Waals surface area contributed by atoms with Gasteiger partial charge in [-0.05, 0) is 48.7 Å². The summed E-state index contributed by atoms with van der Waals surface area (Å²) in [6.45, 7) is 2.51. The second kappa shape index (κ2) is 8.80. The van der Waals surface area contributed by atoms with Crippen molar-refractivity contribution in [1.82, 2.24) is 15.3 Å². The van der Waals surface area contributed by atoms with E-state index >= 15 is 0 Å². The second-order valence-corrected chi connectivity index (χ2v) is 6.06. The van der Waals surface area contributed by atoms with E-state index in [-0.39, 0.29) is 5.91 Å². The average Bonchev–Trinajstić information content (AvgIpc) is 2.70. The Hall–Kier alpha value is -3.41. The van der Waals surface area contributed by atoms with Crippen LogP contribution in [0.2, 0.25) is 0 Å². The van der Waals surface area contributed by atoms with Crippen LogP contribution in [0.5, 0.6) is 5.75 Å². The fraction of sp³-hybridized carbons (Fsp3) is 0.190. The summed E-state index contributed by atoms with van der Waals surface area (Å²) in [6, 6.07) is 17.2. The summed E-state index contributed by atoms with van der Waals surface area (Å²) >= 11 is 0. The largest absolute Gasteiger partial charge is 0.497 e. The molecule has 0 spiro atoms. The Morgan fingerprint density at radius 3 is 2.78 bits per heavy atom. The van der Waals surface area contributed by atoms with Crippen LogP contribution in [0.1, 0.15) is 21.6 Å². The van der Waals surface area contributed by atoms with Gasteiger partial charge in [-0.25, -0.2) is 9.97 Å². The maximum absolute atomic E-state index is 12.4. The number of hydrogen-bond acceptors (Lipinski definition) is 5. The highest BCUT2D eigenvalue weighted by molar-refractivity contribution is 5.92. The maximum Gasteiger partial charge on any atom is 0.270 e. The summed E-state index contributed by atoms with van der Waals surface area (Å²) in [6.07, 6.45) is 2.28. The molecule has 1 heterocycles. The molecule has 0 aliphatic rings. The molecule has 0 fully saturated rings. The third-order valence-electron chi connectivity index (χ3n) is 4.11.